The molecule has 0 radical (unpaired) electrons. The van der Waals surface area contributed by atoms with Gasteiger partial charge >= 0.3 is 0 Å². The van der Waals surface area contributed by atoms with E-state index in [-0.39, 0.29) is 11.8 Å². The Balaban J connectivity index is 1.46. The van der Waals surface area contributed by atoms with Gasteiger partial charge in [0.05, 0.1) is 0 Å². The molecular formula is C23H30N6OS. The fourth-order valence-electron chi connectivity index (χ4n) is 3.39. The van der Waals surface area contributed by atoms with Crippen molar-refractivity contribution in [2.24, 2.45) is 11.8 Å². The zero-order chi connectivity index (χ0) is 22.1. The Bertz CT molecular complexity index is 943. The largest absolute Gasteiger partial charge is 0.356 e. The number of thiol groups is 1. The monoisotopic (exact) mass is 438 g/mol. The van der Waals surface area contributed by atoms with Crippen LogP contribution in [0.5, 0.6) is 0 Å². The van der Waals surface area contributed by atoms with Crippen LogP contribution in [0.3, 0.4) is 0 Å². The lowest BCUT2D eigenvalue weighted by atomic mass is 9.97. The Morgan fingerprint density at radius 3 is 2.45 bits per heavy atom. The van der Waals surface area contributed by atoms with Crippen molar-refractivity contribution in [1.82, 2.24) is 31.3 Å². The smallest absolute Gasteiger partial charge is 0.224 e. The first-order chi connectivity index (χ1) is 15.1. The summed E-state index contributed by atoms with van der Waals surface area (Å²) in [7, 11) is 0. The molecule has 1 heterocycles. The van der Waals surface area contributed by atoms with Crippen LogP contribution in [-0.4, -0.2) is 45.4 Å². The molecule has 3 N–H and O–H groups in total. The van der Waals surface area contributed by atoms with Crippen LogP contribution < -0.4 is 10.6 Å². The maximum Gasteiger partial charge on any atom is 0.224 e. The highest BCUT2D eigenvalue weighted by molar-refractivity contribution is 7.80. The van der Waals surface area contributed by atoms with E-state index in [1.54, 1.807) is 0 Å². The molecule has 0 saturated carbocycles. The Morgan fingerprint density at radius 1 is 1.06 bits per heavy atom. The molecule has 0 fully saturated rings. The summed E-state index contributed by atoms with van der Waals surface area (Å²) in [6.07, 6.45) is 0.888. The lowest BCUT2D eigenvalue weighted by Gasteiger charge is -2.17. The molecule has 7 nitrogen and oxygen atoms in total. The molecule has 3 rings (SSSR count). The average Bonchev–Trinajstić information content (AvgIpc) is 3.32. The van der Waals surface area contributed by atoms with Gasteiger partial charge in [-0.05, 0) is 40.8 Å². The minimum Gasteiger partial charge on any atom is -0.356 e. The standard InChI is InChI=1S/C23H30N6OS/c1-16(2)21(15-31)23(30)25-13-5-12-24-14-17-8-10-18(11-9-17)19-6-3-4-7-20(19)22-26-28-29-27-22/h3-4,6-11,16,21,24,31H,5,12-15H2,1-2H3,(H,25,30)(H,26,27,28,29). The fraction of sp³-hybridized carbons (Fsp3) is 0.391. The van der Waals surface area contributed by atoms with E-state index in [1.165, 1.54) is 5.56 Å². The van der Waals surface area contributed by atoms with Crippen LogP contribution in [0.25, 0.3) is 22.5 Å². The van der Waals surface area contributed by atoms with Crippen molar-refractivity contribution in [3.05, 3.63) is 54.1 Å². The van der Waals surface area contributed by atoms with E-state index in [1.807, 2.05) is 18.2 Å². The van der Waals surface area contributed by atoms with Crippen molar-refractivity contribution < 1.29 is 4.79 Å². The van der Waals surface area contributed by atoms with Crippen LogP contribution in [0.2, 0.25) is 0 Å². The Morgan fingerprint density at radius 2 is 1.81 bits per heavy atom. The fourth-order valence-corrected chi connectivity index (χ4v) is 3.98. The van der Waals surface area contributed by atoms with Crippen LogP contribution in [0.1, 0.15) is 25.8 Å². The Kier molecular flexibility index (Phi) is 8.61. The number of aromatic nitrogens is 4. The van der Waals surface area contributed by atoms with Crippen molar-refractivity contribution in [1.29, 1.82) is 0 Å². The van der Waals surface area contributed by atoms with Crippen molar-refractivity contribution in [3.63, 3.8) is 0 Å². The van der Waals surface area contributed by atoms with Crippen molar-refractivity contribution in [2.45, 2.75) is 26.8 Å². The first kappa shape index (κ1) is 23.0. The predicted molar refractivity (Wildman–Crippen MR) is 127 cm³/mol. The summed E-state index contributed by atoms with van der Waals surface area (Å²) in [5.41, 5.74) is 4.33. The normalized spacial score (nSPS) is 12.1. The molecule has 1 amide bonds. The third kappa shape index (κ3) is 6.38. The Labute approximate surface area is 188 Å². The highest BCUT2D eigenvalue weighted by Crippen LogP contribution is 2.29. The van der Waals surface area contributed by atoms with Crippen molar-refractivity contribution in [2.75, 3.05) is 18.8 Å². The van der Waals surface area contributed by atoms with Crippen LogP contribution in [0.4, 0.5) is 0 Å². The van der Waals surface area contributed by atoms with E-state index in [4.69, 9.17) is 0 Å². The first-order valence-electron chi connectivity index (χ1n) is 10.6. The number of amides is 1. The number of tetrazole rings is 1. The Hall–Kier alpha value is -2.71. The van der Waals surface area contributed by atoms with E-state index in [9.17, 15) is 4.79 Å². The second kappa shape index (κ2) is 11.6. The SMILES string of the molecule is CC(C)C(CS)C(=O)NCCCNCc1ccc(-c2ccccc2-c2nn[nH]n2)cc1. The summed E-state index contributed by atoms with van der Waals surface area (Å²) in [4.78, 5) is 12.1. The van der Waals surface area contributed by atoms with E-state index >= 15 is 0 Å². The summed E-state index contributed by atoms with van der Waals surface area (Å²) in [6, 6.07) is 16.5. The van der Waals surface area contributed by atoms with Gasteiger partial charge < -0.3 is 10.6 Å². The van der Waals surface area contributed by atoms with Crippen LogP contribution in [0, 0.1) is 11.8 Å². The summed E-state index contributed by atoms with van der Waals surface area (Å²) in [5.74, 6) is 1.54. The number of hydrogen-bond acceptors (Lipinski definition) is 6. The molecule has 31 heavy (non-hydrogen) atoms. The van der Waals surface area contributed by atoms with E-state index in [0.717, 1.165) is 36.2 Å². The van der Waals surface area contributed by atoms with Crippen molar-refractivity contribution >= 4 is 18.5 Å². The zero-order valence-corrected chi connectivity index (χ0v) is 18.9. The average molecular weight is 439 g/mol. The van der Waals surface area contributed by atoms with Gasteiger partial charge in [-0.25, -0.2) is 0 Å². The molecule has 8 heteroatoms. The number of nitrogens with one attached hydrogen (secondary N) is 3. The highest BCUT2D eigenvalue weighted by Gasteiger charge is 2.19. The molecular weight excluding hydrogens is 408 g/mol. The lowest BCUT2D eigenvalue weighted by molar-refractivity contribution is -0.125. The summed E-state index contributed by atoms with van der Waals surface area (Å²) >= 11 is 4.28. The number of rotatable bonds is 11. The molecule has 0 aliphatic carbocycles. The summed E-state index contributed by atoms with van der Waals surface area (Å²) in [5, 5.41) is 20.8. The third-order valence-electron chi connectivity index (χ3n) is 5.28. The molecule has 1 unspecified atom stereocenters. The van der Waals surface area contributed by atoms with Gasteiger partial charge in [0.1, 0.15) is 0 Å². The minimum absolute atomic E-state index is 0.0278. The molecule has 1 aromatic heterocycles. The quantitative estimate of drug-likeness (QED) is 0.272. The van der Waals surface area contributed by atoms with Crippen LogP contribution in [0.15, 0.2) is 48.5 Å². The van der Waals surface area contributed by atoms with Gasteiger partial charge in [-0.15, -0.1) is 10.2 Å². The van der Waals surface area contributed by atoms with Crippen molar-refractivity contribution in [3.8, 4) is 22.5 Å². The molecule has 0 aliphatic heterocycles. The second-order valence-electron chi connectivity index (χ2n) is 7.83. The highest BCUT2D eigenvalue weighted by atomic mass is 32.1. The number of H-pyrrole nitrogens is 1. The number of hydrogen-bond donors (Lipinski definition) is 4. The van der Waals surface area contributed by atoms with E-state index in [0.29, 0.717) is 24.0 Å². The third-order valence-corrected chi connectivity index (χ3v) is 5.67. The van der Waals surface area contributed by atoms with E-state index in [2.05, 4.69) is 88.1 Å². The van der Waals surface area contributed by atoms with Crippen LogP contribution in [-0.2, 0) is 11.3 Å². The summed E-state index contributed by atoms with van der Waals surface area (Å²) in [6.45, 7) is 6.41. The zero-order valence-electron chi connectivity index (χ0n) is 18.0. The lowest BCUT2D eigenvalue weighted by Crippen LogP contribution is -2.36. The van der Waals surface area contributed by atoms with E-state index < -0.39 is 0 Å². The topological polar surface area (TPSA) is 95.6 Å². The molecule has 0 aliphatic rings. The van der Waals surface area contributed by atoms with Crippen LogP contribution >= 0.6 is 12.6 Å². The number of nitrogens with zero attached hydrogens (tertiary/aromatic N) is 3. The van der Waals surface area contributed by atoms with Gasteiger partial charge in [0.2, 0.25) is 11.7 Å². The maximum absolute atomic E-state index is 12.1. The minimum atomic E-state index is -0.0278. The molecule has 2 aromatic carbocycles. The molecule has 0 spiro atoms. The van der Waals surface area contributed by atoms with Gasteiger partial charge in [-0.2, -0.15) is 17.8 Å². The molecule has 164 valence electrons. The number of benzene rings is 2. The van der Waals surface area contributed by atoms with Gasteiger partial charge in [-0.1, -0.05) is 62.4 Å². The molecule has 1 atom stereocenters. The number of carbonyl (C=O) groups is 1. The predicted octanol–water partition coefficient (Wildman–Crippen LogP) is 3.33. The van der Waals surface area contributed by atoms with Gasteiger partial charge in [0.15, 0.2) is 0 Å². The van der Waals surface area contributed by atoms with Gasteiger partial charge in [-0.3, -0.25) is 4.79 Å². The first-order valence-corrected chi connectivity index (χ1v) is 11.2. The second-order valence-corrected chi connectivity index (χ2v) is 8.20. The maximum atomic E-state index is 12.1. The van der Waals surface area contributed by atoms with Gasteiger partial charge in [0, 0.05) is 30.3 Å². The van der Waals surface area contributed by atoms with Gasteiger partial charge in [0.25, 0.3) is 0 Å². The number of aromatic amines is 1. The summed E-state index contributed by atoms with van der Waals surface area (Å²) < 4.78 is 0. The molecule has 3 aromatic rings. The molecule has 0 saturated heterocycles. The number of carbonyl (C=O) groups excluding carboxylic acids is 1. The molecule has 0 bridgehead atoms.